The first kappa shape index (κ1) is 27.0. The number of sulfonamides is 1. The van der Waals surface area contributed by atoms with Gasteiger partial charge in [0.15, 0.2) is 0 Å². The van der Waals surface area contributed by atoms with Crippen molar-refractivity contribution in [2.24, 2.45) is 0 Å². The maximum Gasteiger partial charge on any atom is 0.322 e. The zero-order chi connectivity index (χ0) is 28.1. The molecule has 0 saturated heterocycles. The predicted octanol–water partition coefficient (Wildman–Crippen LogP) is 5.22. The largest absolute Gasteiger partial charge is 0.481 e. The summed E-state index contributed by atoms with van der Waals surface area (Å²) in [6.07, 6.45) is 1.89. The molecule has 0 aliphatic carbocycles. The molecule has 0 saturated carbocycles. The number of fused-ring (bicyclic) bond motifs is 2. The lowest BCUT2D eigenvalue weighted by Crippen LogP contribution is -2.42. The van der Waals surface area contributed by atoms with Gasteiger partial charge in [-0.1, -0.05) is 60.5 Å². The molecule has 1 heterocycles. The first-order valence-corrected chi connectivity index (χ1v) is 14.2. The standard InChI is InChI=1S/C32H28N2O5S/c1-2-3-18-39-27-14-16-28(17-15-27)40(37,38)33-30(32(35)36)20-26-22-34(31-11-7-6-10-29(26)31)21-23-12-13-24-8-4-5-9-25(24)19-23/h4-17,19,22,30,33H,18,20-21H2,1H3,(H,35,36)/t30-/m1/s1. The van der Waals surface area contributed by atoms with Crippen LogP contribution in [0.25, 0.3) is 21.7 Å². The summed E-state index contributed by atoms with van der Waals surface area (Å²) in [6, 6.07) is 26.6. The van der Waals surface area contributed by atoms with Crippen molar-refractivity contribution < 1.29 is 23.1 Å². The lowest BCUT2D eigenvalue weighted by atomic mass is 10.1. The van der Waals surface area contributed by atoms with Crippen molar-refractivity contribution in [1.29, 1.82) is 0 Å². The molecule has 5 aromatic rings. The molecule has 4 aromatic carbocycles. The Kier molecular flexibility index (Phi) is 7.87. The van der Waals surface area contributed by atoms with E-state index < -0.39 is 22.0 Å². The molecular weight excluding hydrogens is 524 g/mol. The minimum absolute atomic E-state index is 0.0172. The van der Waals surface area contributed by atoms with Gasteiger partial charge in [0.05, 0.1) is 4.90 Å². The number of carboxylic acid groups (broad SMARTS) is 1. The highest BCUT2D eigenvalue weighted by atomic mass is 32.2. The highest BCUT2D eigenvalue weighted by Crippen LogP contribution is 2.25. The van der Waals surface area contributed by atoms with Gasteiger partial charge in [-0.2, -0.15) is 4.72 Å². The minimum Gasteiger partial charge on any atom is -0.481 e. The van der Waals surface area contributed by atoms with Crippen LogP contribution in [-0.4, -0.2) is 36.7 Å². The number of benzene rings is 4. The maximum absolute atomic E-state index is 13.1. The summed E-state index contributed by atoms with van der Waals surface area (Å²) in [5, 5.41) is 13.1. The molecule has 7 nitrogen and oxygen atoms in total. The van der Waals surface area contributed by atoms with Crippen LogP contribution in [0.4, 0.5) is 0 Å². The number of aliphatic carboxylic acids is 1. The molecule has 40 heavy (non-hydrogen) atoms. The topological polar surface area (TPSA) is 97.6 Å². The Hall–Kier alpha value is -4.58. The molecule has 202 valence electrons. The van der Waals surface area contributed by atoms with Gasteiger partial charge < -0.3 is 14.4 Å². The lowest BCUT2D eigenvalue weighted by molar-refractivity contribution is -0.138. The highest BCUT2D eigenvalue weighted by Gasteiger charge is 2.27. The molecule has 8 heteroatoms. The second-order valence-electron chi connectivity index (χ2n) is 9.38. The number of carbonyl (C=O) groups is 1. The Morgan fingerprint density at radius 2 is 1.70 bits per heavy atom. The number of nitrogens with one attached hydrogen (secondary N) is 1. The van der Waals surface area contributed by atoms with Gasteiger partial charge in [-0.15, -0.1) is 5.92 Å². The zero-order valence-electron chi connectivity index (χ0n) is 21.9. The number of carboxylic acids is 1. The molecule has 0 aliphatic rings. The Morgan fingerprint density at radius 1 is 0.975 bits per heavy atom. The number of ether oxygens (including phenoxy) is 1. The van der Waals surface area contributed by atoms with Gasteiger partial charge >= 0.3 is 5.97 Å². The third-order valence-electron chi connectivity index (χ3n) is 6.68. The summed E-state index contributed by atoms with van der Waals surface area (Å²) in [7, 11) is -4.10. The second kappa shape index (κ2) is 11.7. The quantitative estimate of drug-likeness (QED) is 0.232. The first-order chi connectivity index (χ1) is 19.3. The van der Waals surface area contributed by atoms with Gasteiger partial charge in [-0.05, 0) is 65.2 Å². The van der Waals surface area contributed by atoms with E-state index in [1.165, 1.54) is 24.3 Å². The van der Waals surface area contributed by atoms with E-state index in [1.54, 1.807) is 6.92 Å². The van der Waals surface area contributed by atoms with E-state index in [2.05, 4.69) is 51.5 Å². The van der Waals surface area contributed by atoms with Crippen molar-refractivity contribution in [3.05, 3.63) is 108 Å². The molecule has 0 unspecified atom stereocenters. The Morgan fingerprint density at radius 3 is 2.45 bits per heavy atom. The van der Waals surface area contributed by atoms with E-state index in [1.807, 2.05) is 42.6 Å². The van der Waals surface area contributed by atoms with E-state index in [0.717, 1.165) is 32.8 Å². The van der Waals surface area contributed by atoms with Gasteiger partial charge in [0.1, 0.15) is 18.4 Å². The molecule has 0 fully saturated rings. The molecule has 1 atom stereocenters. The van der Waals surface area contributed by atoms with Crippen LogP contribution in [0.15, 0.2) is 102 Å². The fraction of sp³-hybridized carbons (Fsp3) is 0.156. The normalized spacial score (nSPS) is 12.1. The predicted molar refractivity (Wildman–Crippen MR) is 156 cm³/mol. The average Bonchev–Trinajstić information content (AvgIpc) is 3.29. The number of hydrogen-bond donors (Lipinski definition) is 2. The van der Waals surface area contributed by atoms with E-state index in [-0.39, 0.29) is 17.9 Å². The van der Waals surface area contributed by atoms with E-state index in [0.29, 0.717) is 12.3 Å². The SMILES string of the molecule is CC#CCOc1ccc(S(=O)(=O)N[C@H](Cc2cn(Cc3ccc4ccccc4c3)c3ccccc23)C(=O)O)cc1. The number of hydrogen-bond acceptors (Lipinski definition) is 4. The van der Waals surface area contributed by atoms with Gasteiger partial charge in [0, 0.05) is 30.1 Å². The van der Waals surface area contributed by atoms with Crippen LogP contribution in [0.1, 0.15) is 18.1 Å². The van der Waals surface area contributed by atoms with Gasteiger partial charge in [0.2, 0.25) is 10.0 Å². The fourth-order valence-corrected chi connectivity index (χ4v) is 5.90. The Balaban J connectivity index is 1.38. The van der Waals surface area contributed by atoms with Crippen LogP contribution in [0.3, 0.4) is 0 Å². The molecule has 0 bridgehead atoms. The van der Waals surface area contributed by atoms with Gasteiger partial charge in [-0.3, -0.25) is 4.79 Å². The maximum atomic E-state index is 13.1. The monoisotopic (exact) mass is 552 g/mol. The van der Waals surface area contributed by atoms with E-state index in [9.17, 15) is 18.3 Å². The lowest BCUT2D eigenvalue weighted by Gasteiger charge is -2.15. The van der Waals surface area contributed by atoms with Crippen molar-refractivity contribution in [3.8, 4) is 17.6 Å². The molecule has 5 rings (SSSR count). The van der Waals surface area contributed by atoms with Gasteiger partial charge in [0.25, 0.3) is 0 Å². The summed E-state index contributed by atoms with van der Waals surface area (Å²) >= 11 is 0. The fourth-order valence-electron chi connectivity index (χ4n) is 4.71. The molecule has 0 spiro atoms. The number of para-hydroxylation sites is 1. The zero-order valence-corrected chi connectivity index (χ0v) is 22.7. The summed E-state index contributed by atoms with van der Waals surface area (Å²) in [5.41, 5.74) is 2.80. The van der Waals surface area contributed by atoms with Crippen LogP contribution in [-0.2, 0) is 27.8 Å². The number of aromatic nitrogens is 1. The van der Waals surface area contributed by atoms with E-state index >= 15 is 0 Å². The summed E-state index contributed by atoms with van der Waals surface area (Å²) in [6.45, 7) is 2.48. The Bertz CT molecular complexity index is 1850. The average molecular weight is 553 g/mol. The van der Waals surface area contributed by atoms with Crippen molar-refractivity contribution in [2.75, 3.05) is 6.61 Å². The minimum atomic E-state index is -4.10. The van der Waals surface area contributed by atoms with Crippen LogP contribution < -0.4 is 9.46 Å². The third-order valence-corrected chi connectivity index (χ3v) is 8.17. The highest BCUT2D eigenvalue weighted by molar-refractivity contribution is 7.89. The molecule has 0 amide bonds. The van der Waals surface area contributed by atoms with Gasteiger partial charge in [-0.25, -0.2) is 8.42 Å². The van der Waals surface area contributed by atoms with Crippen LogP contribution >= 0.6 is 0 Å². The van der Waals surface area contributed by atoms with Crippen molar-refractivity contribution in [1.82, 2.24) is 9.29 Å². The van der Waals surface area contributed by atoms with Crippen LogP contribution in [0.5, 0.6) is 5.75 Å². The summed E-state index contributed by atoms with van der Waals surface area (Å²) in [4.78, 5) is 12.2. The van der Waals surface area contributed by atoms with Crippen molar-refractivity contribution >= 4 is 37.7 Å². The molecule has 1 aromatic heterocycles. The molecule has 0 radical (unpaired) electrons. The van der Waals surface area contributed by atoms with Crippen LogP contribution in [0, 0.1) is 11.8 Å². The van der Waals surface area contributed by atoms with Crippen molar-refractivity contribution in [2.45, 2.75) is 30.8 Å². The van der Waals surface area contributed by atoms with Crippen LogP contribution in [0.2, 0.25) is 0 Å². The smallest absolute Gasteiger partial charge is 0.322 e. The second-order valence-corrected chi connectivity index (χ2v) is 11.1. The molecular formula is C32H28N2O5S. The molecule has 0 aliphatic heterocycles. The third kappa shape index (κ3) is 6.01. The Labute approximate surface area is 233 Å². The summed E-state index contributed by atoms with van der Waals surface area (Å²) < 4.78 is 36.0. The number of nitrogens with zero attached hydrogens (tertiary/aromatic N) is 1. The summed E-state index contributed by atoms with van der Waals surface area (Å²) in [5.74, 6) is 4.70. The first-order valence-electron chi connectivity index (χ1n) is 12.8. The van der Waals surface area contributed by atoms with Crippen molar-refractivity contribution in [3.63, 3.8) is 0 Å². The number of rotatable bonds is 10. The molecule has 2 N–H and O–H groups in total. The van der Waals surface area contributed by atoms with E-state index in [4.69, 9.17) is 4.74 Å².